The molecule has 1 atom stereocenters. The number of benzene rings is 1. The number of nitrogens with zero attached hydrogens (tertiary/aromatic N) is 1. The molecule has 106 valence electrons. The molecule has 0 saturated carbocycles. The van der Waals surface area contributed by atoms with E-state index in [-0.39, 0.29) is 6.04 Å². The third-order valence-electron chi connectivity index (χ3n) is 3.24. The number of rotatable bonds is 5. The summed E-state index contributed by atoms with van der Waals surface area (Å²) in [4.78, 5) is 4.36. The van der Waals surface area contributed by atoms with Crippen molar-refractivity contribution in [2.24, 2.45) is 0 Å². The van der Waals surface area contributed by atoms with E-state index >= 15 is 0 Å². The fourth-order valence-electron chi connectivity index (χ4n) is 2.17. The molecule has 0 saturated heterocycles. The van der Waals surface area contributed by atoms with E-state index in [0.717, 1.165) is 29.8 Å². The van der Waals surface area contributed by atoms with Crippen LogP contribution in [0.2, 0.25) is 10.0 Å². The molecule has 0 fully saturated rings. The highest BCUT2D eigenvalue weighted by Crippen LogP contribution is 2.29. The summed E-state index contributed by atoms with van der Waals surface area (Å²) in [6.07, 6.45) is 2.71. The molecule has 0 amide bonds. The zero-order valence-electron chi connectivity index (χ0n) is 11.7. The molecule has 0 aliphatic carbocycles. The van der Waals surface area contributed by atoms with E-state index < -0.39 is 0 Å². The van der Waals surface area contributed by atoms with E-state index in [1.165, 1.54) is 0 Å². The van der Waals surface area contributed by atoms with Crippen LogP contribution < -0.4 is 5.32 Å². The summed E-state index contributed by atoms with van der Waals surface area (Å²) in [5, 5.41) is 4.71. The molecule has 0 bridgehead atoms. The Labute approximate surface area is 130 Å². The van der Waals surface area contributed by atoms with Crippen molar-refractivity contribution in [1.82, 2.24) is 10.3 Å². The summed E-state index contributed by atoms with van der Waals surface area (Å²) in [7, 11) is 0. The number of pyridine rings is 1. The molecular weight excluding hydrogens is 291 g/mol. The molecule has 0 aliphatic rings. The Kier molecular flexibility index (Phi) is 5.41. The topological polar surface area (TPSA) is 24.9 Å². The Bertz CT molecular complexity index is 567. The first kappa shape index (κ1) is 15.3. The third kappa shape index (κ3) is 3.72. The molecule has 0 spiro atoms. The molecule has 1 heterocycles. The van der Waals surface area contributed by atoms with Gasteiger partial charge < -0.3 is 5.32 Å². The lowest BCUT2D eigenvalue weighted by Gasteiger charge is -2.19. The summed E-state index contributed by atoms with van der Waals surface area (Å²) in [6.45, 7) is 4.96. The summed E-state index contributed by atoms with van der Waals surface area (Å²) in [6, 6.07) is 10.1. The highest BCUT2D eigenvalue weighted by Gasteiger charge is 2.14. The van der Waals surface area contributed by atoms with Gasteiger partial charge in [0.05, 0.1) is 10.0 Å². The average Bonchev–Trinajstić information content (AvgIpc) is 2.44. The van der Waals surface area contributed by atoms with E-state index in [9.17, 15) is 0 Å². The first-order chi connectivity index (χ1) is 9.61. The van der Waals surface area contributed by atoms with E-state index in [2.05, 4.69) is 23.3 Å². The van der Waals surface area contributed by atoms with Crippen molar-refractivity contribution in [3.63, 3.8) is 0 Å². The summed E-state index contributed by atoms with van der Waals surface area (Å²) < 4.78 is 0. The van der Waals surface area contributed by atoms with E-state index in [4.69, 9.17) is 23.2 Å². The van der Waals surface area contributed by atoms with Gasteiger partial charge in [0.15, 0.2) is 0 Å². The van der Waals surface area contributed by atoms with Gasteiger partial charge in [0.25, 0.3) is 0 Å². The van der Waals surface area contributed by atoms with Crippen LogP contribution in [0, 0.1) is 6.92 Å². The number of likely N-dealkylation sites (N-methyl/N-ethyl adjacent to an activating group) is 1. The number of aromatic nitrogens is 1. The highest BCUT2D eigenvalue weighted by molar-refractivity contribution is 6.42. The highest BCUT2D eigenvalue weighted by atomic mass is 35.5. The Morgan fingerprint density at radius 1 is 1.20 bits per heavy atom. The zero-order chi connectivity index (χ0) is 14.5. The van der Waals surface area contributed by atoms with Crippen molar-refractivity contribution in [1.29, 1.82) is 0 Å². The second kappa shape index (κ2) is 7.07. The largest absolute Gasteiger partial charge is 0.310 e. The van der Waals surface area contributed by atoms with Gasteiger partial charge in [-0.3, -0.25) is 4.98 Å². The standard InChI is InChI=1S/C16H18Cl2N2/c1-3-19-15(13-8-7-11(2)20-10-13)9-12-5-4-6-14(17)16(12)18/h4-8,10,15,19H,3,9H2,1-2H3. The molecule has 1 N–H and O–H groups in total. The van der Waals surface area contributed by atoms with Crippen LogP contribution in [0.15, 0.2) is 36.5 Å². The molecule has 20 heavy (non-hydrogen) atoms. The fraction of sp³-hybridized carbons (Fsp3) is 0.312. The average molecular weight is 309 g/mol. The first-order valence-corrected chi connectivity index (χ1v) is 7.46. The monoisotopic (exact) mass is 308 g/mol. The van der Waals surface area contributed by atoms with Gasteiger partial charge in [-0.2, -0.15) is 0 Å². The smallest absolute Gasteiger partial charge is 0.0624 e. The Balaban J connectivity index is 2.25. The number of hydrogen-bond acceptors (Lipinski definition) is 2. The molecule has 2 nitrogen and oxygen atoms in total. The predicted molar refractivity (Wildman–Crippen MR) is 85.6 cm³/mol. The minimum absolute atomic E-state index is 0.184. The van der Waals surface area contributed by atoms with Crippen molar-refractivity contribution < 1.29 is 0 Å². The van der Waals surface area contributed by atoms with Gasteiger partial charge in [-0.05, 0) is 43.1 Å². The molecule has 1 aromatic carbocycles. The van der Waals surface area contributed by atoms with Crippen LogP contribution in [0.5, 0.6) is 0 Å². The second-order valence-corrected chi connectivity index (χ2v) is 5.55. The van der Waals surface area contributed by atoms with Gasteiger partial charge in [0.1, 0.15) is 0 Å². The predicted octanol–water partition coefficient (Wildman–Crippen LogP) is 4.59. The maximum atomic E-state index is 6.27. The lowest BCUT2D eigenvalue weighted by molar-refractivity contribution is 0.548. The van der Waals surface area contributed by atoms with Gasteiger partial charge >= 0.3 is 0 Å². The summed E-state index contributed by atoms with van der Waals surface area (Å²) >= 11 is 12.4. The Morgan fingerprint density at radius 2 is 2.00 bits per heavy atom. The number of aryl methyl sites for hydroxylation is 1. The van der Waals surface area contributed by atoms with Crippen LogP contribution in [0.1, 0.15) is 29.8 Å². The normalized spacial score (nSPS) is 12.4. The van der Waals surface area contributed by atoms with Crippen LogP contribution in [0.3, 0.4) is 0 Å². The van der Waals surface area contributed by atoms with Gasteiger partial charge in [-0.1, -0.05) is 48.3 Å². The van der Waals surface area contributed by atoms with Gasteiger partial charge in [-0.25, -0.2) is 0 Å². The van der Waals surface area contributed by atoms with Crippen LogP contribution in [-0.2, 0) is 6.42 Å². The summed E-state index contributed by atoms with van der Waals surface area (Å²) in [5.74, 6) is 0. The van der Waals surface area contributed by atoms with Crippen LogP contribution in [-0.4, -0.2) is 11.5 Å². The van der Waals surface area contributed by atoms with Crippen molar-refractivity contribution >= 4 is 23.2 Å². The molecular formula is C16H18Cl2N2. The maximum Gasteiger partial charge on any atom is 0.0624 e. The zero-order valence-corrected chi connectivity index (χ0v) is 13.2. The van der Waals surface area contributed by atoms with E-state index in [0.29, 0.717) is 10.0 Å². The molecule has 1 aromatic heterocycles. The molecule has 2 aromatic rings. The lowest BCUT2D eigenvalue weighted by Crippen LogP contribution is -2.23. The van der Waals surface area contributed by atoms with Gasteiger partial charge in [0, 0.05) is 17.9 Å². The van der Waals surface area contributed by atoms with Gasteiger partial charge in [-0.15, -0.1) is 0 Å². The van der Waals surface area contributed by atoms with Crippen LogP contribution in [0.4, 0.5) is 0 Å². The quantitative estimate of drug-likeness (QED) is 0.874. The van der Waals surface area contributed by atoms with Crippen molar-refractivity contribution in [3.8, 4) is 0 Å². The van der Waals surface area contributed by atoms with Crippen molar-refractivity contribution in [2.45, 2.75) is 26.3 Å². The van der Waals surface area contributed by atoms with E-state index in [1.807, 2.05) is 37.4 Å². The number of halogens is 2. The van der Waals surface area contributed by atoms with Gasteiger partial charge in [0.2, 0.25) is 0 Å². The SMILES string of the molecule is CCNC(Cc1cccc(Cl)c1Cl)c1ccc(C)nc1. The van der Waals surface area contributed by atoms with Crippen molar-refractivity contribution in [3.05, 3.63) is 63.4 Å². The molecule has 0 aliphatic heterocycles. The molecule has 4 heteroatoms. The first-order valence-electron chi connectivity index (χ1n) is 6.70. The maximum absolute atomic E-state index is 6.27. The number of nitrogens with one attached hydrogen (secondary N) is 1. The third-order valence-corrected chi connectivity index (χ3v) is 4.10. The lowest BCUT2D eigenvalue weighted by atomic mass is 10.00. The van der Waals surface area contributed by atoms with Crippen LogP contribution >= 0.6 is 23.2 Å². The molecule has 0 radical (unpaired) electrons. The van der Waals surface area contributed by atoms with Crippen LogP contribution in [0.25, 0.3) is 0 Å². The minimum atomic E-state index is 0.184. The minimum Gasteiger partial charge on any atom is -0.310 e. The Hall–Kier alpha value is -1.09. The Morgan fingerprint density at radius 3 is 2.65 bits per heavy atom. The molecule has 1 unspecified atom stereocenters. The number of hydrogen-bond donors (Lipinski definition) is 1. The fourth-order valence-corrected chi connectivity index (χ4v) is 2.56. The summed E-state index contributed by atoms with van der Waals surface area (Å²) in [5.41, 5.74) is 3.23. The second-order valence-electron chi connectivity index (χ2n) is 4.76. The molecule has 2 rings (SSSR count). The van der Waals surface area contributed by atoms with E-state index in [1.54, 1.807) is 0 Å². The van der Waals surface area contributed by atoms with Crippen molar-refractivity contribution in [2.75, 3.05) is 6.54 Å².